The predicted molar refractivity (Wildman–Crippen MR) is 142 cm³/mol. The first kappa shape index (κ1) is 31.3. The molecule has 1 unspecified atom stereocenters. The van der Waals surface area contributed by atoms with E-state index in [1.807, 2.05) is 27.7 Å². The number of benzene rings is 2. The molecule has 7 nitrogen and oxygen atoms in total. The van der Waals surface area contributed by atoms with Crippen LogP contribution in [0.25, 0.3) is 0 Å². The topological polar surface area (TPSA) is 99.1 Å². The standard InChI is InChI=1S/C29H40F2N2O5/c1-5-10-33(11-6-2)29(37)24-13-19(4)8-9-23(24)28(36)32-25(27(35)26(34)18-38-12-7-3)16-20-14-21(30)17-22(31)15-20/h8-9,13-15,17,25-27,34-35H,5-7,10-12,16,18H2,1-4H3,(H,32,36)/t25-,26?,27+/m0/s1. The van der Waals surface area contributed by atoms with Crippen molar-refractivity contribution in [3.8, 4) is 0 Å². The van der Waals surface area contributed by atoms with Crippen molar-refractivity contribution >= 4 is 11.8 Å². The SMILES string of the molecule is CCCOCC(O)[C@H](O)[C@H](Cc1cc(F)cc(F)c1)NC(=O)c1ccc(C)cc1C(=O)N(CCC)CCC. The number of aliphatic hydroxyl groups excluding tert-OH is 2. The third-order valence-corrected chi connectivity index (χ3v) is 6.06. The molecule has 210 valence electrons. The summed E-state index contributed by atoms with van der Waals surface area (Å²) in [5.41, 5.74) is 1.32. The second-order valence-corrected chi connectivity index (χ2v) is 9.54. The summed E-state index contributed by atoms with van der Waals surface area (Å²) in [6.07, 6.45) is -0.815. The average Bonchev–Trinajstić information content (AvgIpc) is 2.86. The number of aryl methyl sites for hydroxylation is 1. The third kappa shape index (κ3) is 9.15. The maximum absolute atomic E-state index is 13.9. The molecule has 38 heavy (non-hydrogen) atoms. The van der Waals surface area contributed by atoms with Gasteiger partial charge >= 0.3 is 0 Å². The highest BCUT2D eigenvalue weighted by Gasteiger charge is 2.30. The smallest absolute Gasteiger partial charge is 0.254 e. The van der Waals surface area contributed by atoms with E-state index in [9.17, 15) is 28.6 Å². The Labute approximate surface area is 223 Å². The fourth-order valence-electron chi connectivity index (χ4n) is 4.26. The van der Waals surface area contributed by atoms with Gasteiger partial charge < -0.3 is 25.2 Å². The fourth-order valence-corrected chi connectivity index (χ4v) is 4.26. The Morgan fingerprint density at radius 3 is 2.16 bits per heavy atom. The summed E-state index contributed by atoms with van der Waals surface area (Å²) < 4.78 is 33.0. The van der Waals surface area contributed by atoms with Gasteiger partial charge in [-0.15, -0.1) is 0 Å². The summed E-state index contributed by atoms with van der Waals surface area (Å²) in [7, 11) is 0. The van der Waals surface area contributed by atoms with E-state index in [1.54, 1.807) is 23.1 Å². The highest BCUT2D eigenvalue weighted by molar-refractivity contribution is 6.07. The Balaban J connectivity index is 2.39. The van der Waals surface area contributed by atoms with Crippen LogP contribution in [0.4, 0.5) is 8.78 Å². The van der Waals surface area contributed by atoms with Crippen molar-refractivity contribution < 1.29 is 33.3 Å². The second kappa shape index (κ2) is 15.5. The molecule has 0 heterocycles. The lowest BCUT2D eigenvalue weighted by atomic mass is 9.96. The Kier molecular flexibility index (Phi) is 12.8. The molecule has 0 radical (unpaired) electrons. The van der Waals surface area contributed by atoms with Gasteiger partial charge in [-0.05, 0) is 62.4 Å². The van der Waals surface area contributed by atoms with Gasteiger partial charge in [-0.25, -0.2) is 8.78 Å². The van der Waals surface area contributed by atoms with Crippen LogP contribution < -0.4 is 5.32 Å². The van der Waals surface area contributed by atoms with Gasteiger partial charge in [0.15, 0.2) is 0 Å². The summed E-state index contributed by atoms with van der Waals surface area (Å²) in [5.74, 6) is -2.53. The first-order valence-corrected chi connectivity index (χ1v) is 13.2. The van der Waals surface area contributed by atoms with Crippen molar-refractivity contribution in [2.75, 3.05) is 26.3 Å². The minimum atomic E-state index is -1.51. The van der Waals surface area contributed by atoms with E-state index in [1.165, 1.54) is 0 Å². The van der Waals surface area contributed by atoms with Crippen molar-refractivity contribution in [1.29, 1.82) is 0 Å². The van der Waals surface area contributed by atoms with Crippen LogP contribution in [0, 0.1) is 18.6 Å². The summed E-state index contributed by atoms with van der Waals surface area (Å²) >= 11 is 0. The molecule has 9 heteroatoms. The molecule has 0 aliphatic rings. The van der Waals surface area contributed by atoms with Gasteiger partial charge in [0.2, 0.25) is 0 Å². The Hall–Kier alpha value is -2.88. The molecule has 0 aliphatic carbocycles. The lowest BCUT2D eigenvalue weighted by Crippen LogP contribution is -2.51. The monoisotopic (exact) mass is 534 g/mol. The van der Waals surface area contributed by atoms with Crippen molar-refractivity contribution in [3.05, 3.63) is 70.3 Å². The number of nitrogens with zero attached hydrogens (tertiary/aromatic N) is 1. The summed E-state index contributed by atoms with van der Waals surface area (Å²) in [6, 6.07) is 6.69. The summed E-state index contributed by atoms with van der Waals surface area (Å²) in [4.78, 5) is 28.6. The first-order valence-electron chi connectivity index (χ1n) is 13.2. The van der Waals surface area contributed by atoms with Gasteiger partial charge in [0, 0.05) is 25.8 Å². The van der Waals surface area contributed by atoms with Gasteiger partial charge in [-0.3, -0.25) is 9.59 Å². The Morgan fingerprint density at radius 2 is 1.58 bits per heavy atom. The number of hydrogen-bond donors (Lipinski definition) is 3. The van der Waals surface area contributed by atoms with Gasteiger partial charge in [-0.2, -0.15) is 0 Å². The summed E-state index contributed by atoms with van der Waals surface area (Å²) in [5, 5.41) is 24.1. The molecule has 0 aliphatic heterocycles. The van der Waals surface area contributed by atoms with Crippen molar-refractivity contribution in [2.45, 2.75) is 71.6 Å². The maximum atomic E-state index is 13.9. The van der Waals surface area contributed by atoms with E-state index in [0.717, 1.165) is 36.6 Å². The number of amides is 2. The Bertz CT molecular complexity index is 1040. The minimum absolute atomic E-state index is 0.108. The zero-order valence-corrected chi connectivity index (χ0v) is 22.7. The molecule has 3 atom stereocenters. The van der Waals surface area contributed by atoms with Crippen LogP contribution in [-0.2, 0) is 11.2 Å². The van der Waals surface area contributed by atoms with E-state index in [-0.39, 0.29) is 35.6 Å². The molecule has 0 aromatic heterocycles. The van der Waals surface area contributed by atoms with E-state index >= 15 is 0 Å². The van der Waals surface area contributed by atoms with Gasteiger partial charge in [0.05, 0.1) is 23.8 Å². The van der Waals surface area contributed by atoms with Crippen molar-refractivity contribution in [2.24, 2.45) is 0 Å². The number of hydrogen-bond acceptors (Lipinski definition) is 5. The number of carbonyl (C=O) groups is 2. The van der Waals surface area contributed by atoms with E-state index in [2.05, 4.69) is 5.32 Å². The van der Waals surface area contributed by atoms with Crippen molar-refractivity contribution in [1.82, 2.24) is 10.2 Å². The van der Waals surface area contributed by atoms with E-state index < -0.39 is 35.8 Å². The normalized spacial score (nSPS) is 13.6. The average molecular weight is 535 g/mol. The second-order valence-electron chi connectivity index (χ2n) is 9.54. The largest absolute Gasteiger partial charge is 0.388 e. The van der Waals surface area contributed by atoms with Crippen LogP contribution in [0.5, 0.6) is 0 Å². The zero-order valence-electron chi connectivity index (χ0n) is 22.7. The van der Waals surface area contributed by atoms with Crippen LogP contribution >= 0.6 is 0 Å². The molecule has 3 N–H and O–H groups in total. The van der Waals surface area contributed by atoms with Crippen LogP contribution in [0.15, 0.2) is 36.4 Å². The molecule has 0 bridgehead atoms. The maximum Gasteiger partial charge on any atom is 0.254 e. The number of carbonyl (C=O) groups excluding carboxylic acids is 2. The van der Waals surface area contributed by atoms with E-state index in [0.29, 0.717) is 26.1 Å². The van der Waals surface area contributed by atoms with Crippen molar-refractivity contribution in [3.63, 3.8) is 0 Å². The summed E-state index contributed by atoms with van der Waals surface area (Å²) in [6.45, 7) is 8.92. The number of aliphatic hydroxyl groups is 2. The molecule has 2 aromatic carbocycles. The number of halogens is 2. The van der Waals surface area contributed by atoms with Crippen LogP contribution in [0.1, 0.15) is 71.9 Å². The molecule has 0 saturated carbocycles. The van der Waals surface area contributed by atoms with Gasteiger partial charge in [0.1, 0.15) is 23.8 Å². The molecule has 2 rings (SSSR count). The highest BCUT2D eigenvalue weighted by atomic mass is 19.1. The number of nitrogens with one attached hydrogen (secondary N) is 1. The van der Waals surface area contributed by atoms with E-state index in [4.69, 9.17) is 4.74 Å². The highest BCUT2D eigenvalue weighted by Crippen LogP contribution is 2.18. The predicted octanol–water partition coefficient (Wildman–Crippen LogP) is 4.02. The Morgan fingerprint density at radius 1 is 0.947 bits per heavy atom. The molecular weight excluding hydrogens is 494 g/mol. The van der Waals surface area contributed by atoms with Gasteiger partial charge in [-0.1, -0.05) is 32.4 Å². The third-order valence-electron chi connectivity index (χ3n) is 6.06. The van der Waals surface area contributed by atoms with Crippen LogP contribution in [0.2, 0.25) is 0 Å². The molecule has 0 fully saturated rings. The fraction of sp³-hybridized carbons (Fsp3) is 0.517. The molecule has 2 amide bonds. The quantitative estimate of drug-likeness (QED) is 0.300. The molecule has 0 spiro atoms. The van der Waals surface area contributed by atoms with Crippen LogP contribution in [0.3, 0.4) is 0 Å². The van der Waals surface area contributed by atoms with Gasteiger partial charge in [0.25, 0.3) is 11.8 Å². The lowest BCUT2D eigenvalue weighted by molar-refractivity contribution is -0.0505. The lowest BCUT2D eigenvalue weighted by Gasteiger charge is -2.29. The minimum Gasteiger partial charge on any atom is -0.388 e. The molecule has 2 aromatic rings. The number of ether oxygens (including phenoxy) is 1. The first-order chi connectivity index (χ1) is 18.1. The zero-order chi connectivity index (χ0) is 28.2. The molecular formula is C29H40F2N2O5. The van der Waals surface area contributed by atoms with Crippen LogP contribution in [-0.4, -0.2) is 71.5 Å². The molecule has 0 saturated heterocycles. The number of rotatable bonds is 15.